The molecule has 2 aromatic rings. The van der Waals surface area contributed by atoms with Gasteiger partial charge in [0.25, 0.3) is 0 Å². The van der Waals surface area contributed by atoms with Gasteiger partial charge in [-0.25, -0.2) is 9.37 Å². The third-order valence-electron chi connectivity index (χ3n) is 4.52. The first-order valence-corrected chi connectivity index (χ1v) is 8.75. The van der Waals surface area contributed by atoms with Crippen LogP contribution < -0.4 is 10.2 Å². The lowest BCUT2D eigenvalue weighted by Gasteiger charge is -2.36. The Morgan fingerprint density at radius 2 is 2.00 bits per heavy atom. The summed E-state index contributed by atoms with van der Waals surface area (Å²) in [6.07, 6.45) is 0.836. The van der Waals surface area contributed by atoms with Crippen LogP contribution in [0.4, 0.5) is 9.52 Å². The van der Waals surface area contributed by atoms with Crippen molar-refractivity contribution >= 4 is 32.6 Å². The average molecular weight is 335 g/mol. The van der Waals surface area contributed by atoms with Gasteiger partial charge in [0.2, 0.25) is 5.91 Å². The summed E-state index contributed by atoms with van der Waals surface area (Å²) in [4.78, 5) is 17.9. The molecule has 1 N–H and O–H groups in total. The number of anilines is 1. The predicted molar refractivity (Wildman–Crippen MR) is 93.1 cm³/mol. The largest absolute Gasteiger partial charge is 0.353 e. The van der Waals surface area contributed by atoms with Crippen LogP contribution in [-0.4, -0.2) is 36.2 Å². The zero-order chi connectivity index (χ0) is 16.6. The van der Waals surface area contributed by atoms with Gasteiger partial charge in [-0.1, -0.05) is 23.5 Å². The minimum absolute atomic E-state index is 0.105. The molecule has 0 aliphatic carbocycles. The van der Waals surface area contributed by atoms with Crippen molar-refractivity contribution in [1.82, 2.24) is 10.3 Å². The van der Waals surface area contributed by atoms with Crippen LogP contribution in [-0.2, 0) is 4.79 Å². The van der Waals surface area contributed by atoms with E-state index in [1.165, 1.54) is 22.8 Å². The smallest absolute Gasteiger partial charge is 0.216 e. The molecule has 1 saturated heterocycles. The molecule has 2 heterocycles. The lowest BCUT2D eigenvalue weighted by atomic mass is 9.93. The first kappa shape index (κ1) is 16.2. The van der Waals surface area contributed by atoms with Gasteiger partial charge in [0, 0.05) is 32.9 Å². The molecule has 6 heteroatoms. The zero-order valence-electron chi connectivity index (χ0n) is 13.8. The van der Waals surface area contributed by atoms with E-state index in [1.807, 2.05) is 0 Å². The van der Waals surface area contributed by atoms with Gasteiger partial charge in [0.1, 0.15) is 5.67 Å². The van der Waals surface area contributed by atoms with Crippen LogP contribution >= 0.6 is 11.3 Å². The van der Waals surface area contributed by atoms with E-state index in [1.54, 1.807) is 11.3 Å². The number of aryl methyl sites for hydroxylation is 2. The van der Waals surface area contributed by atoms with Gasteiger partial charge in [-0.2, -0.15) is 0 Å². The highest BCUT2D eigenvalue weighted by atomic mass is 32.1. The third kappa shape index (κ3) is 3.32. The monoisotopic (exact) mass is 335 g/mol. The average Bonchev–Trinajstić information content (AvgIpc) is 2.96. The summed E-state index contributed by atoms with van der Waals surface area (Å²) in [5.41, 5.74) is 2.16. The maximum Gasteiger partial charge on any atom is 0.216 e. The van der Waals surface area contributed by atoms with Crippen LogP contribution in [0.2, 0.25) is 0 Å². The van der Waals surface area contributed by atoms with E-state index in [9.17, 15) is 9.18 Å². The summed E-state index contributed by atoms with van der Waals surface area (Å²) in [6, 6.07) is 4.22. The number of thiazole rings is 1. The molecule has 0 unspecified atom stereocenters. The minimum Gasteiger partial charge on any atom is -0.353 e. The lowest BCUT2D eigenvalue weighted by Crippen LogP contribution is -2.48. The first-order valence-electron chi connectivity index (χ1n) is 7.93. The molecule has 1 fully saturated rings. The Morgan fingerprint density at radius 1 is 1.35 bits per heavy atom. The number of carbonyl (C=O) groups is 1. The molecule has 4 nitrogen and oxygen atoms in total. The number of hydrogen-bond donors (Lipinski definition) is 1. The number of nitrogens with zero attached hydrogens (tertiary/aromatic N) is 2. The van der Waals surface area contributed by atoms with Crippen molar-refractivity contribution in [3.63, 3.8) is 0 Å². The Bertz CT molecular complexity index is 696. The van der Waals surface area contributed by atoms with Crippen molar-refractivity contribution in [3.8, 4) is 0 Å². The number of halogens is 1. The summed E-state index contributed by atoms with van der Waals surface area (Å²) in [7, 11) is 0. The molecule has 0 spiro atoms. The third-order valence-corrected chi connectivity index (χ3v) is 5.77. The first-order chi connectivity index (χ1) is 10.9. The van der Waals surface area contributed by atoms with Crippen LogP contribution in [0, 0.1) is 13.8 Å². The number of alkyl halides is 1. The number of aromatic nitrogens is 1. The molecular formula is C17H22FN3OS. The highest BCUT2D eigenvalue weighted by Crippen LogP contribution is 2.36. The lowest BCUT2D eigenvalue weighted by molar-refractivity contribution is -0.119. The molecule has 1 amide bonds. The zero-order valence-corrected chi connectivity index (χ0v) is 14.6. The Balaban J connectivity index is 1.74. The van der Waals surface area contributed by atoms with E-state index in [4.69, 9.17) is 4.98 Å². The second-order valence-corrected chi connectivity index (χ2v) is 7.40. The molecule has 124 valence electrons. The van der Waals surface area contributed by atoms with E-state index in [2.05, 4.69) is 36.2 Å². The fourth-order valence-corrected chi connectivity index (χ4v) is 4.11. The van der Waals surface area contributed by atoms with Crippen LogP contribution in [0.3, 0.4) is 0 Å². The predicted octanol–water partition coefficient (Wildman–Crippen LogP) is 3.36. The van der Waals surface area contributed by atoms with Gasteiger partial charge in [-0.15, -0.1) is 0 Å². The highest BCUT2D eigenvalue weighted by Gasteiger charge is 2.35. The quantitative estimate of drug-likeness (QED) is 0.935. The summed E-state index contributed by atoms with van der Waals surface area (Å²) in [6.45, 7) is 6.96. The van der Waals surface area contributed by atoms with Crippen molar-refractivity contribution in [3.05, 3.63) is 23.3 Å². The van der Waals surface area contributed by atoms with E-state index in [-0.39, 0.29) is 12.5 Å². The van der Waals surface area contributed by atoms with Gasteiger partial charge in [-0.05, 0) is 25.0 Å². The maximum absolute atomic E-state index is 14.7. The molecule has 1 aromatic heterocycles. The standard InChI is InChI=1S/C17H22FN3OS/c1-11-4-5-12(2)15-14(11)20-16(23-15)21-8-6-17(18,7-9-21)10-19-13(3)22/h4-5H,6-10H2,1-3H3,(H,19,22). The molecule has 0 saturated carbocycles. The molecule has 3 rings (SSSR count). The number of hydrogen-bond acceptors (Lipinski definition) is 4. The Hall–Kier alpha value is -1.69. The molecule has 1 aliphatic rings. The van der Waals surface area contributed by atoms with Crippen molar-refractivity contribution in [2.75, 3.05) is 24.5 Å². The summed E-state index contributed by atoms with van der Waals surface area (Å²) in [5.74, 6) is -0.179. The minimum atomic E-state index is -1.30. The molecule has 1 aromatic carbocycles. The topological polar surface area (TPSA) is 45.2 Å². The van der Waals surface area contributed by atoms with Crippen LogP contribution in [0.15, 0.2) is 12.1 Å². The maximum atomic E-state index is 14.7. The number of rotatable bonds is 3. The van der Waals surface area contributed by atoms with Crippen molar-refractivity contribution < 1.29 is 9.18 Å². The Labute approximate surface area is 139 Å². The van der Waals surface area contributed by atoms with Gasteiger partial charge in [0.05, 0.1) is 16.8 Å². The normalized spacial score (nSPS) is 17.5. The number of piperidine rings is 1. The fourth-order valence-electron chi connectivity index (χ4n) is 2.94. The fraction of sp³-hybridized carbons (Fsp3) is 0.529. The van der Waals surface area contributed by atoms with Gasteiger partial charge in [-0.3, -0.25) is 4.79 Å². The second kappa shape index (κ2) is 6.07. The SMILES string of the molecule is CC(=O)NCC1(F)CCN(c2nc3c(C)ccc(C)c3s2)CC1. The number of benzene rings is 1. The van der Waals surface area contributed by atoms with E-state index < -0.39 is 5.67 Å². The molecule has 0 bridgehead atoms. The molecular weight excluding hydrogens is 313 g/mol. The summed E-state index contributed by atoms with van der Waals surface area (Å²) < 4.78 is 15.9. The van der Waals surface area contributed by atoms with Crippen LogP contribution in [0.1, 0.15) is 30.9 Å². The second-order valence-electron chi connectivity index (χ2n) is 6.42. The van der Waals surface area contributed by atoms with Gasteiger partial charge < -0.3 is 10.2 Å². The van der Waals surface area contributed by atoms with Gasteiger partial charge >= 0.3 is 0 Å². The number of amides is 1. The number of fused-ring (bicyclic) bond motifs is 1. The molecule has 1 aliphatic heterocycles. The van der Waals surface area contributed by atoms with Gasteiger partial charge in [0.15, 0.2) is 5.13 Å². The summed E-state index contributed by atoms with van der Waals surface area (Å²) >= 11 is 1.69. The number of carbonyl (C=O) groups excluding carboxylic acids is 1. The highest BCUT2D eigenvalue weighted by molar-refractivity contribution is 7.22. The van der Waals surface area contributed by atoms with E-state index in [0.717, 1.165) is 10.6 Å². The van der Waals surface area contributed by atoms with E-state index >= 15 is 0 Å². The van der Waals surface area contributed by atoms with Crippen LogP contribution in [0.5, 0.6) is 0 Å². The molecule has 23 heavy (non-hydrogen) atoms. The summed E-state index contributed by atoms with van der Waals surface area (Å²) in [5, 5.41) is 3.57. The Morgan fingerprint density at radius 3 is 2.61 bits per heavy atom. The van der Waals surface area contributed by atoms with E-state index in [0.29, 0.717) is 25.9 Å². The Kier molecular flexibility index (Phi) is 4.27. The molecule has 0 atom stereocenters. The molecule has 0 radical (unpaired) electrons. The number of nitrogens with one attached hydrogen (secondary N) is 1. The van der Waals surface area contributed by atoms with Crippen LogP contribution in [0.25, 0.3) is 10.2 Å². The van der Waals surface area contributed by atoms with Crippen molar-refractivity contribution in [2.45, 2.75) is 39.3 Å². The van der Waals surface area contributed by atoms with Crippen molar-refractivity contribution in [1.29, 1.82) is 0 Å². The van der Waals surface area contributed by atoms with Crippen molar-refractivity contribution in [2.24, 2.45) is 0 Å².